The maximum Gasteiger partial charge on any atom is 0.472 e. The highest BCUT2D eigenvalue weighted by atomic mass is 31.2. The topological polar surface area (TPSA) is 108 Å². The molecule has 0 radical (unpaired) electrons. The van der Waals surface area contributed by atoms with E-state index in [2.05, 4.69) is 42.7 Å². The number of phosphoric ester groups is 1. The normalized spacial score (nSPS) is 13.4. The Balaban J connectivity index is 3.90. The quantitative estimate of drug-likeness (QED) is 0.0280. The van der Waals surface area contributed by atoms with Crippen LogP contribution in [0.15, 0.2) is 24.3 Å². The second kappa shape index (κ2) is 43.1. The Bertz CT molecular complexity index is 968. The third-order valence-corrected chi connectivity index (χ3v) is 11.4. The van der Waals surface area contributed by atoms with Crippen molar-refractivity contribution >= 4 is 19.8 Å². The fourth-order valence-corrected chi connectivity index (χ4v) is 7.27. The predicted octanol–water partition coefficient (Wildman–Crippen LogP) is 15.0. The third kappa shape index (κ3) is 42.1. The summed E-state index contributed by atoms with van der Waals surface area (Å²) in [5.41, 5.74) is 0. The van der Waals surface area contributed by atoms with Crippen molar-refractivity contribution in [3.8, 4) is 0 Å². The van der Waals surface area contributed by atoms with E-state index in [-0.39, 0.29) is 19.0 Å². The maximum absolute atomic E-state index is 12.5. The molecule has 0 amide bonds. The Morgan fingerprint density at radius 2 is 0.857 bits per heavy atom. The van der Waals surface area contributed by atoms with E-state index in [1.54, 1.807) is 0 Å². The minimum absolute atomic E-state index is 0.221. The summed E-state index contributed by atoms with van der Waals surface area (Å²) in [6, 6.07) is 0. The van der Waals surface area contributed by atoms with Gasteiger partial charge < -0.3 is 14.4 Å². The summed E-state index contributed by atoms with van der Waals surface area (Å²) in [5.74, 6) is -0.795. The molecule has 0 aromatic carbocycles. The summed E-state index contributed by atoms with van der Waals surface area (Å²) < 4.78 is 32.1. The molecule has 8 nitrogen and oxygen atoms in total. The Hall–Kier alpha value is -1.47. The largest absolute Gasteiger partial charge is 0.472 e. The standard InChI is InChI=1S/C47H89O8P/c1-4-6-8-10-12-14-16-18-20-21-22-23-24-25-26-27-28-30-32-34-36-38-40-42-47(49)55-45(44-54-56(50,51)52-3)43-53-46(48)41-39-37-35-33-31-29-19-17-15-13-11-9-7-5-2/h16,18,21-22,45H,4-15,17,19-20,23-44H2,1-3H3,(H,50,51)/b18-16-,22-21-. The number of hydrogen-bond acceptors (Lipinski definition) is 7. The first-order valence-electron chi connectivity index (χ1n) is 23.5. The zero-order valence-corrected chi connectivity index (χ0v) is 37.7. The SMILES string of the molecule is CCCCCCC/C=C\C/C=C\CCCCCCCCCCCCCC(=O)OC(COC(=O)CCCCCCCCCCCCCCCC)COP(=O)(O)OC. The lowest BCUT2D eigenvalue weighted by molar-refractivity contribution is -0.161. The molecule has 2 unspecified atom stereocenters. The van der Waals surface area contributed by atoms with Crippen molar-refractivity contribution < 1.29 is 37.6 Å². The zero-order valence-electron chi connectivity index (χ0n) is 36.8. The van der Waals surface area contributed by atoms with E-state index in [0.29, 0.717) is 12.8 Å². The van der Waals surface area contributed by atoms with Gasteiger partial charge in [0.05, 0.1) is 6.61 Å². The van der Waals surface area contributed by atoms with Gasteiger partial charge in [0.25, 0.3) is 0 Å². The molecular weight excluding hydrogens is 723 g/mol. The number of carbonyl (C=O) groups is 2. The summed E-state index contributed by atoms with van der Waals surface area (Å²) in [6.45, 7) is 3.90. The van der Waals surface area contributed by atoms with Gasteiger partial charge in [0.1, 0.15) is 6.61 Å². The van der Waals surface area contributed by atoms with Gasteiger partial charge in [-0.15, -0.1) is 0 Å². The van der Waals surface area contributed by atoms with Crippen molar-refractivity contribution in [3.63, 3.8) is 0 Å². The highest BCUT2D eigenvalue weighted by molar-refractivity contribution is 7.47. The molecule has 0 spiro atoms. The Kier molecular flexibility index (Phi) is 42.0. The number of phosphoric acid groups is 1. The number of unbranched alkanes of at least 4 members (excludes halogenated alkanes) is 29. The highest BCUT2D eigenvalue weighted by Crippen LogP contribution is 2.42. The Morgan fingerprint density at radius 1 is 0.500 bits per heavy atom. The van der Waals surface area contributed by atoms with Crippen LogP contribution in [0, 0.1) is 0 Å². The molecule has 0 aliphatic heterocycles. The first-order chi connectivity index (χ1) is 27.3. The second-order valence-electron chi connectivity index (χ2n) is 15.9. The minimum atomic E-state index is -4.26. The average Bonchev–Trinajstić information content (AvgIpc) is 3.19. The summed E-state index contributed by atoms with van der Waals surface area (Å²) in [6.07, 6.45) is 49.5. The van der Waals surface area contributed by atoms with E-state index in [9.17, 15) is 19.0 Å². The summed E-state index contributed by atoms with van der Waals surface area (Å²) in [4.78, 5) is 34.5. The third-order valence-electron chi connectivity index (χ3n) is 10.4. The van der Waals surface area contributed by atoms with Gasteiger partial charge in [0, 0.05) is 20.0 Å². The number of ether oxygens (including phenoxy) is 2. The van der Waals surface area contributed by atoms with Crippen molar-refractivity contribution in [1.29, 1.82) is 0 Å². The summed E-state index contributed by atoms with van der Waals surface area (Å²) in [7, 11) is -3.19. The van der Waals surface area contributed by atoms with Crippen LogP contribution in [0.2, 0.25) is 0 Å². The predicted molar refractivity (Wildman–Crippen MR) is 235 cm³/mol. The van der Waals surface area contributed by atoms with Crippen LogP contribution in [0.5, 0.6) is 0 Å². The lowest BCUT2D eigenvalue weighted by Crippen LogP contribution is -2.29. The molecule has 0 heterocycles. The van der Waals surface area contributed by atoms with Crippen LogP contribution in [-0.2, 0) is 32.7 Å². The van der Waals surface area contributed by atoms with Gasteiger partial charge in [-0.2, -0.15) is 0 Å². The number of esters is 2. The van der Waals surface area contributed by atoms with Crippen molar-refractivity contribution in [1.82, 2.24) is 0 Å². The van der Waals surface area contributed by atoms with Gasteiger partial charge >= 0.3 is 19.8 Å². The zero-order chi connectivity index (χ0) is 41.1. The van der Waals surface area contributed by atoms with E-state index in [1.165, 1.54) is 167 Å². The lowest BCUT2D eigenvalue weighted by Gasteiger charge is -2.19. The van der Waals surface area contributed by atoms with E-state index in [4.69, 9.17) is 14.0 Å². The Morgan fingerprint density at radius 3 is 1.25 bits per heavy atom. The summed E-state index contributed by atoms with van der Waals surface area (Å²) >= 11 is 0. The van der Waals surface area contributed by atoms with Crippen molar-refractivity contribution in [2.24, 2.45) is 0 Å². The highest BCUT2D eigenvalue weighted by Gasteiger charge is 2.24. The van der Waals surface area contributed by atoms with E-state index < -0.39 is 26.5 Å². The molecule has 0 saturated carbocycles. The molecule has 330 valence electrons. The van der Waals surface area contributed by atoms with Crippen LogP contribution in [0.4, 0.5) is 0 Å². The summed E-state index contributed by atoms with van der Waals surface area (Å²) in [5, 5.41) is 0. The molecule has 9 heteroatoms. The molecular formula is C47H89O8P. The van der Waals surface area contributed by atoms with Crippen LogP contribution in [0.3, 0.4) is 0 Å². The van der Waals surface area contributed by atoms with Gasteiger partial charge in [-0.3, -0.25) is 18.6 Å². The first-order valence-corrected chi connectivity index (χ1v) is 25.0. The number of carbonyl (C=O) groups excluding carboxylic acids is 2. The number of hydrogen-bond donors (Lipinski definition) is 1. The second-order valence-corrected chi connectivity index (χ2v) is 17.5. The van der Waals surface area contributed by atoms with Crippen LogP contribution in [-0.4, -0.2) is 43.3 Å². The monoisotopic (exact) mass is 813 g/mol. The maximum atomic E-state index is 12.5. The Labute approximate surface area is 345 Å². The molecule has 0 saturated heterocycles. The van der Waals surface area contributed by atoms with Crippen molar-refractivity contribution in [3.05, 3.63) is 24.3 Å². The fraction of sp³-hybridized carbons (Fsp3) is 0.872. The van der Waals surface area contributed by atoms with Crippen LogP contribution in [0.1, 0.15) is 239 Å². The van der Waals surface area contributed by atoms with Crippen LogP contribution < -0.4 is 0 Å². The van der Waals surface area contributed by atoms with Gasteiger partial charge in [0.15, 0.2) is 6.10 Å². The van der Waals surface area contributed by atoms with Gasteiger partial charge in [-0.05, 0) is 44.9 Å². The molecule has 0 aliphatic rings. The average molecular weight is 813 g/mol. The van der Waals surface area contributed by atoms with E-state index in [0.717, 1.165) is 45.6 Å². The first kappa shape index (κ1) is 54.5. The molecule has 2 atom stereocenters. The molecule has 0 bridgehead atoms. The lowest BCUT2D eigenvalue weighted by atomic mass is 10.0. The smallest absolute Gasteiger partial charge is 0.462 e. The van der Waals surface area contributed by atoms with Crippen LogP contribution in [0.25, 0.3) is 0 Å². The molecule has 0 aromatic heterocycles. The molecule has 0 fully saturated rings. The van der Waals surface area contributed by atoms with Gasteiger partial charge in [-0.25, -0.2) is 4.57 Å². The molecule has 0 aliphatic carbocycles. The fourth-order valence-electron chi connectivity index (χ4n) is 6.81. The number of rotatable bonds is 44. The molecule has 1 N–H and O–H groups in total. The van der Waals surface area contributed by atoms with Crippen LogP contribution >= 0.6 is 7.82 Å². The van der Waals surface area contributed by atoms with Gasteiger partial charge in [-0.1, -0.05) is 205 Å². The molecule has 0 rings (SSSR count). The molecule has 56 heavy (non-hydrogen) atoms. The van der Waals surface area contributed by atoms with E-state index >= 15 is 0 Å². The van der Waals surface area contributed by atoms with Crippen molar-refractivity contribution in [2.45, 2.75) is 245 Å². The number of allylic oxidation sites excluding steroid dienone is 4. The molecule has 0 aromatic rings. The van der Waals surface area contributed by atoms with E-state index in [1.807, 2.05) is 0 Å². The van der Waals surface area contributed by atoms with Gasteiger partial charge in [0.2, 0.25) is 0 Å². The minimum Gasteiger partial charge on any atom is -0.462 e. The van der Waals surface area contributed by atoms with Crippen molar-refractivity contribution in [2.75, 3.05) is 20.3 Å².